The standard InChI is InChI=1S/C13H12ClFN2O/c1-16-7-9-4-2-3-5-12(9)18-13-11(15)6-10(14)8-17-13/h2-6,8,16H,7H2,1H3. The minimum absolute atomic E-state index is 0.0806. The van der Waals surface area contributed by atoms with Crippen LogP contribution in [0.15, 0.2) is 36.5 Å². The highest BCUT2D eigenvalue weighted by Gasteiger charge is 2.09. The number of aromatic nitrogens is 1. The fraction of sp³-hybridized carbons (Fsp3) is 0.154. The van der Waals surface area contributed by atoms with Crippen LogP contribution in [0, 0.1) is 5.82 Å². The molecule has 0 bridgehead atoms. The third kappa shape index (κ3) is 2.97. The molecule has 0 aliphatic rings. The molecule has 0 amide bonds. The van der Waals surface area contributed by atoms with Gasteiger partial charge in [-0.3, -0.25) is 0 Å². The summed E-state index contributed by atoms with van der Waals surface area (Å²) < 4.78 is 19.0. The van der Waals surface area contributed by atoms with Gasteiger partial charge < -0.3 is 10.1 Å². The average molecular weight is 267 g/mol. The largest absolute Gasteiger partial charge is 0.436 e. The van der Waals surface area contributed by atoms with Gasteiger partial charge in [0.25, 0.3) is 5.88 Å². The van der Waals surface area contributed by atoms with Gasteiger partial charge in [0.1, 0.15) is 5.75 Å². The van der Waals surface area contributed by atoms with Gasteiger partial charge in [0, 0.05) is 18.3 Å². The van der Waals surface area contributed by atoms with E-state index in [0.717, 1.165) is 5.56 Å². The highest BCUT2D eigenvalue weighted by Crippen LogP contribution is 2.26. The summed E-state index contributed by atoms with van der Waals surface area (Å²) in [5.74, 6) is -0.0923. The van der Waals surface area contributed by atoms with Gasteiger partial charge >= 0.3 is 0 Å². The molecule has 0 saturated heterocycles. The summed E-state index contributed by atoms with van der Waals surface area (Å²) in [7, 11) is 1.83. The van der Waals surface area contributed by atoms with Gasteiger partial charge in [-0.25, -0.2) is 9.37 Å². The Bertz CT molecular complexity index is 548. The van der Waals surface area contributed by atoms with Crippen LogP contribution in [0.4, 0.5) is 4.39 Å². The van der Waals surface area contributed by atoms with Crippen molar-refractivity contribution in [1.29, 1.82) is 0 Å². The zero-order chi connectivity index (χ0) is 13.0. The molecule has 0 aliphatic carbocycles. The smallest absolute Gasteiger partial charge is 0.255 e. The molecule has 3 nitrogen and oxygen atoms in total. The number of halogens is 2. The number of hydrogen-bond acceptors (Lipinski definition) is 3. The molecular weight excluding hydrogens is 255 g/mol. The summed E-state index contributed by atoms with van der Waals surface area (Å²) in [4.78, 5) is 3.82. The first-order valence-electron chi connectivity index (χ1n) is 5.42. The summed E-state index contributed by atoms with van der Waals surface area (Å²) in [5.41, 5.74) is 0.927. The number of hydrogen-bond donors (Lipinski definition) is 1. The Labute approximate surface area is 110 Å². The molecule has 0 fully saturated rings. The fourth-order valence-corrected chi connectivity index (χ4v) is 1.67. The second-order valence-corrected chi connectivity index (χ2v) is 4.12. The van der Waals surface area contributed by atoms with Crippen molar-refractivity contribution in [2.24, 2.45) is 0 Å². The van der Waals surface area contributed by atoms with E-state index in [9.17, 15) is 4.39 Å². The topological polar surface area (TPSA) is 34.1 Å². The van der Waals surface area contributed by atoms with Crippen LogP contribution in [0.25, 0.3) is 0 Å². The summed E-state index contributed by atoms with van der Waals surface area (Å²) in [5, 5.41) is 3.26. The van der Waals surface area contributed by atoms with E-state index in [0.29, 0.717) is 12.3 Å². The second-order valence-electron chi connectivity index (χ2n) is 3.68. The van der Waals surface area contributed by atoms with Gasteiger partial charge in [-0.15, -0.1) is 0 Å². The van der Waals surface area contributed by atoms with Crippen molar-refractivity contribution in [2.75, 3.05) is 7.05 Å². The van der Waals surface area contributed by atoms with E-state index in [4.69, 9.17) is 16.3 Å². The van der Waals surface area contributed by atoms with E-state index < -0.39 is 5.82 Å². The van der Waals surface area contributed by atoms with Crippen molar-refractivity contribution >= 4 is 11.6 Å². The van der Waals surface area contributed by atoms with E-state index >= 15 is 0 Å². The van der Waals surface area contributed by atoms with Crippen molar-refractivity contribution in [3.8, 4) is 11.6 Å². The Morgan fingerprint density at radius 3 is 2.89 bits per heavy atom. The number of pyridine rings is 1. The van der Waals surface area contributed by atoms with E-state index in [1.165, 1.54) is 12.3 Å². The van der Waals surface area contributed by atoms with Gasteiger partial charge in [-0.2, -0.15) is 0 Å². The number of para-hydroxylation sites is 1. The Kier molecular flexibility index (Phi) is 4.12. The van der Waals surface area contributed by atoms with Crippen LogP contribution < -0.4 is 10.1 Å². The first-order valence-corrected chi connectivity index (χ1v) is 5.80. The third-order valence-corrected chi connectivity index (χ3v) is 2.53. The van der Waals surface area contributed by atoms with Gasteiger partial charge in [0.05, 0.1) is 5.02 Å². The molecule has 0 radical (unpaired) electrons. The van der Waals surface area contributed by atoms with Crippen LogP contribution in [0.2, 0.25) is 5.02 Å². The summed E-state index contributed by atoms with van der Waals surface area (Å²) in [6, 6.07) is 8.56. The lowest BCUT2D eigenvalue weighted by Crippen LogP contribution is -2.06. The van der Waals surface area contributed by atoms with Crippen molar-refractivity contribution < 1.29 is 9.13 Å². The minimum Gasteiger partial charge on any atom is -0.436 e. The SMILES string of the molecule is CNCc1ccccc1Oc1ncc(Cl)cc1F. The van der Waals surface area contributed by atoms with Crippen molar-refractivity contribution in [2.45, 2.75) is 6.54 Å². The third-order valence-electron chi connectivity index (χ3n) is 2.32. The lowest BCUT2D eigenvalue weighted by Gasteiger charge is -2.10. The molecule has 1 N–H and O–H groups in total. The van der Waals surface area contributed by atoms with Crippen LogP contribution in [0.5, 0.6) is 11.6 Å². The zero-order valence-electron chi connectivity index (χ0n) is 9.78. The van der Waals surface area contributed by atoms with Crippen molar-refractivity contribution in [1.82, 2.24) is 10.3 Å². The second kappa shape index (κ2) is 5.80. The lowest BCUT2D eigenvalue weighted by atomic mass is 10.2. The maximum absolute atomic E-state index is 13.6. The average Bonchev–Trinajstić information content (AvgIpc) is 2.35. The molecule has 1 heterocycles. The molecule has 1 aromatic heterocycles. The van der Waals surface area contributed by atoms with E-state index in [1.807, 2.05) is 25.2 Å². The molecule has 5 heteroatoms. The molecule has 0 atom stereocenters. The molecule has 0 spiro atoms. The quantitative estimate of drug-likeness (QED) is 0.921. The fourth-order valence-electron chi connectivity index (χ4n) is 1.52. The summed E-state index contributed by atoms with van der Waals surface area (Å²) in [6.45, 7) is 0.630. The number of nitrogens with one attached hydrogen (secondary N) is 1. The van der Waals surface area contributed by atoms with Gasteiger partial charge in [0.15, 0.2) is 5.82 Å². The monoisotopic (exact) mass is 266 g/mol. The molecule has 0 unspecified atom stereocenters. The van der Waals surface area contributed by atoms with Crippen LogP contribution in [-0.4, -0.2) is 12.0 Å². The van der Waals surface area contributed by atoms with E-state index in [1.54, 1.807) is 6.07 Å². The van der Waals surface area contributed by atoms with E-state index in [2.05, 4.69) is 10.3 Å². The van der Waals surface area contributed by atoms with Crippen LogP contribution in [-0.2, 0) is 6.54 Å². The molecule has 2 rings (SSSR count). The van der Waals surface area contributed by atoms with Crippen molar-refractivity contribution in [3.05, 3.63) is 52.9 Å². The van der Waals surface area contributed by atoms with Crippen LogP contribution in [0.1, 0.15) is 5.56 Å². The van der Waals surface area contributed by atoms with Crippen molar-refractivity contribution in [3.63, 3.8) is 0 Å². The minimum atomic E-state index is -0.582. The Hall–Kier alpha value is -1.65. The van der Waals surface area contributed by atoms with Crippen LogP contribution >= 0.6 is 11.6 Å². The summed E-state index contributed by atoms with van der Waals surface area (Å²) >= 11 is 5.63. The molecule has 94 valence electrons. The number of benzene rings is 1. The normalized spacial score (nSPS) is 10.4. The Balaban J connectivity index is 2.28. The molecule has 0 saturated carbocycles. The summed E-state index contributed by atoms with van der Waals surface area (Å²) in [6.07, 6.45) is 1.35. The molecule has 0 aliphatic heterocycles. The Morgan fingerprint density at radius 2 is 2.17 bits per heavy atom. The maximum atomic E-state index is 13.6. The maximum Gasteiger partial charge on any atom is 0.255 e. The molecule has 18 heavy (non-hydrogen) atoms. The van der Waals surface area contributed by atoms with Crippen LogP contribution in [0.3, 0.4) is 0 Å². The predicted octanol–water partition coefficient (Wildman–Crippen LogP) is 3.39. The highest BCUT2D eigenvalue weighted by atomic mass is 35.5. The van der Waals surface area contributed by atoms with E-state index in [-0.39, 0.29) is 10.9 Å². The molecule has 2 aromatic rings. The Morgan fingerprint density at radius 1 is 1.39 bits per heavy atom. The number of rotatable bonds is 4. The predicted molar refractivity (Wildman–Crippen MR) is 68.5 cm³/mol. The van der Waals surface area contributed by atoms with Gasteiger partial charge in [-0.05, 0) is 19.2 Å². The molecular formula is C13H12ClFN2O. The number of ether oxygens (including phenoxy) is 1. The lowest BCUT2D eigenvalue weighted by molar-refractivity contribution is 0.417. The van der Waals surface area contributed by atoms with Gasteiger partial charge in [-0.1, -0.05) is 29.8 Å². The number of nitrogens with zero attached hydrogens (tertiary/aromatic N) is 1. The highest BCUT2D eigenvalue weighted by molar-refractivity contribution is 6.30. The molecule has 1 aromatic carbocycles. The first kappa shape index (κ1) is 12.8. The van der Waals surface area contributed by atoms with Gasteiger partial charge in [0.2, 0.25) is 0 Å². The first-order chi connectivity index (χ1) is 8.70. The zero-order valence-corrected chi connectivity index (χ0v) is 10.5.